The highest BCUT2D eigenvalue weighted by Gasteiger charge is 2.22. The lowest BCUT2D eigenvalue weighted by molar-refractivity contribution is 0.296. The van der Waals surface area contributed by atoms with Crippen LogP contribution in [0.1, 0.15) is 35.1 Å². The minimum Gasteiger partial charge on any atom is -0.493 e. The lowest BCUT2D eigenvalue weighted by Gasteiger charge is -2.17. The van der Waals surface area contributed by atoms with Crippen LogP contribution in [0.5, 0.6) is 5.75 Å². The van der Waals surface area contributed by atoms with Crippen LogP contribution in [0.25, 0.3) is 0 Å². The summed E-state index contributed by atoms with van der Waals surface area (Å²) in [4.78, 5) is 6.57. The first-order valence-electron chi connectivity index (χ1n) is 10.4. The van der Waals surface area contributed by atoms with Crippen molar-refractivity contribution in [3.8, 4) is 5.75 Å². The Bertz CT molecular complexity index is 834. The summed E-state index contributed by atoms with van der Waals surface area (Å²) in [7, 11) is 5.99. The average molecular weight is 522 g/mol. The van der Waals surface area contributed by atoms with Crippen molar-refractivity contribution in [3.05, 3.63) is 64.7 Å². The standard InChI is InChI=1S/C24H34N4O.HI/c1-18-9-12-21(23(13-18)29-17-19-10-11-19)15-27-24(25-2)26-14-20-7-5-6-8-22(20)16-28(3)4;/h5-9,12-13,19H,10-11,14-17H2,1-4H3,(H2,25,26,27);1H. The molecule has 0 amide bonds. The van der Waals surface area contributed by atoms with E-state index in [1.54, 1.807) is 7.05 Å². The highest BCUT2D eigenvalue weighted by molar-refractivity contribution is 14.0. The Balaban J connectivity index is 0.00000320. The molecule has 1 aliphatic rings. The zero-order valence-corrected chi connectivity index (χ0v) is 20.9. The second kappa shape index (κ2) is 12.2. The van der Waals surface area contributed by atoms with E-state index in [1.807, 2.05) is 0 Å². The fourth-order valence-electron chi connectivity index (χ4n) is 3.24. The molecule has 0 unspecified atom stereocenters. The third kappa shape index (κ3) is 7.80. The molecule has 3 rings (SSSR count). The summed E-state index contributed by atoms with van der Waals surface area (Å²) >= 11 is 0. The molecule has 0 aliphatic heterocycles. The van der Waals surface area contributed by atoms with E-state index in [1.165, 1.54) is 29.5 Å². The van der Waals surface area contributed by atoms with Gasteiger partial charge in [0, 0.05) is 32.2 Å². The number of aryl methyl sites for hydroxylation is 1. The Kier molecular flexibility index (Phi) is 9.91. The second-order valence-electron chi connectivity index (χ2n) is 8.15. The highest BCUT2D eigenvalue weighted by atomic mass is 127. The predicted octanol–water partition coefficient (Wildman–Crippen LogP) is 4.33. The van der Waals surface area contributed by atoms with Crippen molar-refractivity contribution >= 4 is 29.9 Å². The third-order valence-electron chi connectivity index (χ3n) is 5.12. The Morgan fingerprint density at radius 2 is 1.70 bits per heavy atom. The first-order valence-corrected chi connectivity index (χ1v) is 10.4. The fraction of sp³-hybridized carbons (Fsp3) is 0.458. The number of ether oxygens (including phenoxy) is 1. The van der Waals surface area contributed by atoms with Gasteiger partial charge in [-0.25, -0.2) is 0 Å². The molecule has 1 aliphatic carbocycles. The molecule has 0 spiro atoms. The van der Waals surface area contributed by atoms with E-state index in [2.05, 4.69) is 84.0 Å². The van der Waals surface area contributed by atoms with E-state index >= 15 is 0 Å². The van der Waals surface area contributed by atoms with Crippen molar-refractivity contribution in [2.24, 2.45) is 10.9 Å². The molecular weight excluding hydrogens is 487 g/mol. The van der Waals surface area contributed by atoms with Crippen LogP contribution in [0, 0.1) is 12.8 Å². The van der Waals surface area contributed by atoms with Crippen LogP contribution in [-0.2, 0) is 19.6 Å². The van der Waals surface area contributed by atoms with E-state index in [0.29, 0.717) is 6.54 Å². The van der Waals surface area contributed by atoms with Gasteiger partial charge in [-0.15, -0.1) is 24.0 Å². The Hall–Kier alpha value is -1.80. The molecule has 0 saturated heterocycles. The first kappa shape index (κ1) is 24.5. The molecule has 0 radical (unpaired) electrons. The first-order chi connectivity index (χ1) is 14.0. The van der Waals surface area contributed by atoms with Gasteiger partial charge in [0.15, 0.2) is 5.96 Å². The number of hydrogen-bond donors (Lipinski definition) is 2. The fourth-order valence-corrected chi connectivity index (χ4v) is 3.24. The smallest absolute Gasteiger partial charge is 0.191 e. The van der Waals surface area contributed by atoms with Gasteiger partial charge < -0.3 is 20.3 Å². The number of halogens is 1. The molecule has 0 heterocycles. The number of rotatable bonds is 9. The summed E-state index contributed by atoms with van der Waals surface area (Å²) in [5.41, 5.74) is 4.99. The molecule has 1 fully saturated rings. The van der Waals surface area contributed by atoms with Crippen molar-refractivity contribution in [1.29, 1.82) is 0 Å². The maximum atomic E-state index is 6.08. The molecule has 2 aromatic rings. The van der Waals surface area contributed by atoms with Crippen LogP contribution >= 0.6 is 24.0 Å². The number of hydrogen-bond acceptors (Lipinski definition) is 3. The average Bonchev–Trinajstić information content (AvgIpc) is 3.53. The number of benzene rings is 2. The predicted molar refractivity (Wildman–Crippen MR) is 136 cm³/mol. The monoisotopic (exact) mass is 522 g/mol. The maximum absolute atomic E-state index is 6.08. The van der Waals surface area contributed by atoms with Gasteiger partial charge >= 0.3 is 0 Å². The summed E-state index contributed by atoms with van der Waals surface area (Å²) in [5, 5.41) is 6.87. The van der Waals surface area contributed by atoms with E-state index in [0.717, 1.165) is 42.9 Å². The van der Waals surface area contributed by atoms with Crippen LogP contribution in [0.3, 0.4) is 0 Å². The van der Waals surface area contributed by atoms with Crippen molar-refractivity contribution in [2.75, 3.05) is 27.7 Å². The van der Waals surface area contributed by atoms with Crippen LogP contribution < -0.4 is 15.4 Å². The summed E-state index contributed by atoms with van der Waals surface area (Å²) in [6.45, 7) is 5.27. The lowest BCUT2D eigenvalue weighted by atomic mass is 10.1. The molecule has 5 nitrogen and oxygen atoms in total. The van der Waals surface area contributed by atoms with E-state index in [4.69, 9.17) is 4.74 Å². The van der Waals surface area contributed by atoms with E-state index in [9.17, 15) is 0 Å². The van der Waals surface area contributed by atoms with Gasteiger partial charge in [-0.1, -0.05) is 36.4 Å². The Morgan fingerprint density at radius 1 is 1.03 bits per heavy atom. The molecule has 2 aromatic carbocycles. The van der Waals surface area contributed by atoms with Gasteiger partial charge in [0.25, 0.3) is 0 Å². The van der Waals surface area contributed by atoms with Gasteiger partial charge in [0.2, 0.25) is 0 Å². The zero-order chi connectivity index (χ0) is 20.6. The van der Waals surface area contributed by atoms with Gasteiger partial charge in [-0.05, 0) is 62.5 Å². The minimum atomic E-state index is 0. The number of guanidine groups is 1. The normalized spacial score (nSPS) is 13.7. The molecule has 2 N–H and O–H groups in total. The number of nitrogens with one attached hydrogen (secondary N) is 2. The molecule has 0 atom stereocenters. The SMILES string of the molecule is CN=C(NCc1ccccc1CN(C)C)NCc1ccc(C)cc1OCC1CC1.I. The van der Waals surface area contributed by atoms with Gasteiger partial charge in [0.1, 0.15) is 5.75 Å². The zero-order valence-electron chi connectivity index (χ0n) is 18.6. The van der Waals surface area contributed by atoms with Crippen LogP contribution in [0.15, 0.2) is 47.5 Å². The van der Waals surface area contributed by atoms with Crippen molar-refractivity contribution in [3.63, 3.8) is 0 Å². The van der Waals surface area contributed by atoms with Crippen molar-refractivity contribution < 1.29 is 4.74 Å². The molecule has 1 saturated carbocycles. The van der Waals surface area contributed by atoms with Crippen molar-refractivity contribution in [2.45, 2.75) is 39.4 Å². The lowest BCUT2D eigenvalue weighted by Crippen LogP contribution is -2.36. The van der Waals surface area contributed by atoms with Gasteiger partial charge in [0.05, 0.1) is 6.61 Å². The van der Waals surface area contributed by atoms with Crippen LogP contribution in [0.2, 0.25) is 0 Å². The minimum absolute atomic E-state index is 0. The summed E-state index contributed by atoms with van der Waals surface area (Å²) in [6, 6.07) is 14.9. The Morgan fingerprint density at radius 3 is 2.33 bits per heavy atom. The van der Waals surface area contributed by atoms with Crippen molar-refractivity contribution in [1.82, 2.24) is 15.5 Å². The maximum Gasteiger partial charge on any atom is 0.191 e. The summed E-state index contributed by atoms with van der Waals surface area (Å²) in [5.74, 6) is 2.52. The third-order valence-corrected chi connectivity index (χ3v) is 5.12. The molecule has 6 heteroatoms. The largest absolute Gasteiger partial charge is 0.493 e. The quantitative estimate of drug-likeness (QED) is 0.293. The molecule has 30 heavy (non-hydrogen) atoms. The van der Waals surface area contributed by atoms with Gasteiger partial charge in [-0.3, -0.25) is 4.99 Å². The van der Waals surface area contributed by atoms with Crippen LogP contribution in [-0.4, -0.2) is 38.6 Å². The molecule has 0 aromatic heterocycles. The number of aliphatic imine (C=N–C) groups is 1. The molecule has 0 bridgehead atoms. The van der Waals surface area contributed by atoms with E-state index in [-0.39, 0.29) is 24.0 Å². The topological polar surface area (TPSA) is 48.9 Å². The van der Waals surface area contributed by atoms with E-state index < -0.39 is 0 Å². The Labute approximate surface area is 198 Å². The number of nitrogens with zero attached hydrogens (tertiary/aromatic N) is 2. The highest BCUT2D eigenvalue weighted by Crippen LogP contribution is 2.30. The second-order valence-corrected chi connectivity index (χ2v) is 8.15. The summed E-state index contributed by atoms with van der Waals surface area (Å²) in [6.07, 6.45) is 2.59. The molecule has 164 valence electrons. The summed E-state index contributed by atoms with van der Waals surface area (Å²) < 4.78 is 6.08. The van der Waals surface area contributed by atoms with Gasteiger partial charge in [-0.2, -0.15) is 0 Å². The van der Waals surface area contributed by atoms with Crippen LogP contribution in [0.4, 0.5) is 0 Å². The molecular formula is C24H35IN4O.